The van der Waals surface area contributed by atoms with Gasteiger partial charge in [0.25, 0.3) is 0 Å². The molecule has 3 aromatic rings. The van der Waals surface area contributed by atoms with Gasteiger partial charge in [-0.2, -0.15) is 0 Å². The average Bonchev–Trinajstić information content (AvgIpc) is 2.89. The van der Waals surface area contributed by atoms with Crippen molar-refractivity contribution >= 4 is 22.5 Å². The molecule has 0 saturated heterocycles. The molecule has 0 saturated carbocycles. The average molecular weight is 303 g/mol. The molecule has 0 aliphatic rings. The Balaban J connectivity index is 2.03. The molecule has 0 aliphatic heterocycles. The molecule has 0 amide bonds. The highest BCUT2D eigenvalue weighted by Gasteiger charge is 2.12. The van der Waals surface area contributed by atoms with Crippen LogP contribution in [0.5, 0.6) is 11.5 Å². The molecule has 5 heteroatoms. The van der Waals surface area contributed by atoms with Crippen LogP contribution in [0.1, 0.15) is 5.69 Å². The van der Waals surface area contributed by atoms with Gasteiger partial charge in [-0.15, -0.1) is 0 Å². The van der Waals surface area contributed by atoms with E-state index in [9.17, 15) is 0 Å². The number of benzene rings is 1. The summed E-state index contributed by atoms with van der Waals surface area (Å²) in [7, 11) is 3.24. The molecule has 0 aliphatic carbocycles. The molecule has 2 aromatic heterocycles. The zero-order valence-corrected chi connectivity index (χ0v) is 12.6. The molecule has 0 fully saturated rings. The van der Waals surface area contributed by atoms with Gasteiger partial charge in [0.15, 0.2) is 11.5 Å². The monoisotopic (exact) mass is 302 g/mol. The van der Waals surface area contributed by atoms with Crippen LogP contribution in [0.2, 0.25) is 5.02 Å². The number of hydrogen-bond donors (Lipinski definition) is 0. The number of nitrogens with zero attached hydrogens (tertiary/aromatic N) is 2. The van der Waals surface area contributed by atoms with E-state index < -0.39 is 0 Å². The van der Waals surface area contributed by atoms with Crippen LogP contribution in [0.4, 0.5) is 0 Å². The van der Waals surface area contributed by atoms with Gasteiger partial charge >= 0.3 is 0 Å². The van der Waals surface area contributed by atoms with E-state index in [1.54, 1.807) is 26.5 Å². The number of hydrogen-bond acceptors (Lipinski definition) is 3. The number of halogens is 1. The van der Waals surface area contributed by atoms with Crippen molar-refractivity contribution < 1.29 is 9.47 Å². The number of pyridine rings is 1. The second-order valence-electron chi connectivity index (χ2n) is 4.64. The summed E-state index contributed by atoms with van der Waals surface area (Å²) < 4.78 is 12.8. The summed E-state index contributed by atoms with van der Waals surface area (Å²) in [5.41, 5.74) is 1.93. The van der Waals surface area contributed by atoms with Crippen molar-refractivity contribution in [1.29, 1.82) is 0 Å². The first-order valence-corrected chi connectivity index (χ1v) is 6.91. The molecule has 2 heterocycles. The maximum Gasteiger partial charge on any atom is 0.184 e. The Kier molecular flexibility index (Phi) is 3.71. The Labute approximate surface area is 127 Å². The van der Waals surface area contributed by atoms with Gasteiger partial charge < -0.3 is 14.0 Å². The first-order valence-electron chi connectivity index (χ1n) is 6.53. The Morgan fingerprint density at radius 2 is 2.00 bits per heavy atom. The third kappa shape index (κ3) is 2.54. The smallest absolute Gasteiger partial charge is 0.184 e. The highest BCUT2D eigenvalue weighted by atomic mass is 35.5. The number of aromatic nitrogens is 2. The fourth-order valence-electron chi connectivity index (χ4n) is 2.43. The topological polar surface area (TPSA) is 36.3 Å². The highest BCUT2D eigenvalue weighted by molar-refractivity contribution is 6.31. The summed E-state index contributed by atoms with van der Waals surface area (Å²) in [6.45, 7) is 0.603. The third-order valence-corrected chi connectivity index (χ3v) is 3.65. The first kappa shape index (κ1) is 13.8. The van der Waals surface area contributed by atoms with Crippen LogP contribution >= 0.6 is 11.6 Å². The molecule has 108 valence electrons. The van der Waals surface area contributed by atoms with E-state index in [1.807, 2.05) is 30.5 Å². The van der Waals surface area contributed by atoms with Gasteiger partial charge in [-0.3, -0.25) is 4.98 Å². The minimum Gasteiger partial charge on any atom is -0.493 e. The summed E-state index contributed by atoms with van der Waals surface area (Å²) in [5, 5.41) is 1.83. The molecular weight excluding hydrogens is 288 g/mol. The first-order chi connectivity index (χ1) is 10.2. The van der Waals surface area contributed by atoms with E-state index in [4.69, 9.17) is 21.1 Å². The molecule has 4 nitrogen and oxygen atoms in total. The van der Waals surface area contributed by atoms with Crippen molar-refractivity contribution in [2.75, 3.05) is 14.2 Å². The second kappa shape index (κ2) is 5.66. The SMILES string of the molecule is COc1ccnc(Cn2ccc3cc(Cl)ccc32)c1OC. The lowest BCUT2D eigenvalue weighted by atomic mass is 10.2. The summed E-state index contributed by atoms with van der Waals surface area (Å²) in [6, 6.07) is 9.66. The number of fused-ring (bicyclic) bond motifs is 1. The van der Waals surface area contributed by atoms with E-state index in [0.29, 0.717) is 18.0 Å². The quantitative estimate of drug-likeness (QED) is 0.736. The predicted molar refractivity (Wildman–Crippen MR) is 83.4 cm³/mol. The molecule has 1 aromatic carbocycles. The van der Waals surface area contributed by atoms with Crippen LogP contribution in [0, 0.1) is 0 Å². The van der Waals surface area contributed by atoms with Crippen LogP contribution in [0.3, 0.4) is 0 Å². The fraction of sp³-hybridized carbons (Fsp3) is 0.188. The van der Waals surface area contributed by atoms with E-state index in [-0.39, 0.29) is 0 Å². The van der Waals surface area contributed by atoms with Gasteiger partial charge in [-0.1, -0.05) is 11.6 Å². The van der Waals surface area contributed by atoms with Crippen molar-refractivity contribution in [2.24, 2.45) is 0 Å². The number of rotatable bonds is 4. The van der Waals surface area contributed by atoms with Crippen LogP contribution in [0.25, 0.3) is 10.9 Å². The zero-order chi connectivity index (χ0) is 14.8. The Bertz CT molecular complexity index is 783. The zero-order valence-electron chi connectivity index (χ0n) is 11.8. The minimum absolute atomic E-state index is 0.603. The molecule has 0 bridgehead atoms. The largest absolute Gasteiger partial charge is 0.493 e. The predicted octanol–water partition coefficient (Wildman–Crippen LogP) is 3.76. The van der Waals surface area contributed by atoms with Crippen LogP contribution in [-0.4, -0.2) is 23.8 Å². The van der Waals surface area contributed by atoms with E-state index in [2.05, 4.69) is 9.55 Å². The van der Waals surface area contributed by atoms with Crippen molar-refractivity contribution in [3.05, 3.63) is 53.4 Å². The van der Waals surface area contributed by atoms with Gasteiger partial charge in [-0.05, 0) is 24.3 Å². The third-order valence-electron chi connectivity index (χ3n) is 3.42. The van der Waals surface area contributed by atoms with Crippen LogP contribution in [-0.2, 0) is 6.54 Å². The van der Waals surface area contributed by atoms with E-state index in [1.165, 1.54) is 0 Å². The molecular formula is C16H15ClN2O2. The molecule has 21 heavy (non-hydrogen) atoms. The van der Waals surface area contributed by atoms with Gasteiger partial charge in [-0.25, -0.2) is 0 Å². The van der Waals surface area contributed by atoms with Crippen molar-refractivity contribution in [3.63, 3.8) is 0 Å². The number of methoxy groups -OCH3 is 2. The second-order valence-corrected chi connectivity index (χ2v) is 5.08. The summed E-state index contributed by atoms with van der Waals surface area (Å²) in [5.74, 6) is 1.35. The van der Waals surface area contributed by atoms with Crippen molar-refractivity contribution in [3.8, 4) is 11.5 Å². The summed E-state index contributed by atoms with van der Waals surface area (Å²) in [4.78, 5) is 4.41. The maximum absolute atomic E-state index is 6.02. The molecule has 0 unspecified atom stereocenters. The molecule has 0 atom stereocenters. The lowest BCUT2D eigenvalue weighted by Gasteiger charge is -2.12. The Hall–Kier alpha value is -2.20. The van der Waals surface area contributed by atoms with E-state index in [0.717, 1.165) is 21.6 Å². The van der Waals surface area contributed by atoms with Gasteiger partial charge in [0, 0.05) is 34.4 Å². The molecule has 0 N–H and O–H groups in total. The lowest BCUT2D eigenvalue weighted by molar-refractivity contribution is 0.348. The normalized spacial score (nSPS) is 10.8. The molecule has 0 radical (unpaired) electrons. The molecule has 3 rings (SSSR count). The van der Waals surface area contributed by atoms with Gasteiger partial charge in [0.2, 0.25) is 0 Å². The summed E-state index contributed by atoms with van der Waals surface area (Å²) in [6.07, 6.45) is 3.74. The van der Waals surface area contributed by atoms with Crippen molar-refractivity contribution in [1.82, 2.24) is 9.55 Å². The Morgan fingerprint density at radius 1 is 1.14 bits per heavy atom. The fourth-order valence-corrected chi connectivity index (χ4v) is 2.61. The Morgan fingerprint density at radius 3 is 2.76 bits per heavy atom. The maximum atomic E-state index is 6.02. The van der Waals surface area contributed by atoms with Crippen LogP contribution in [0.15, 0.2) is 42.7 Å². The lowest BCUT2D eigenvalue weighted by Crippen LogP contribution is -2.04. The highest BCUT2D eigenvalue weighted by Crippen LogP contribution is 2.30. The van der Waals surface area contributed by atoms with Gasteiger partial charge in [0.05, 0.1) is 20.8 Å². The molecule has 0 spiro atoms. The number of ether oxygens (including phenoxy) is 2. The summed E-state index contributed by atoms with van der Waals surface area (Å²) >= 11 is 6.02. The minimum atomic E-state index is 0.603. The van der Waals surface area contributed by atoms with E-state index >= 15 is 0 Å². The standard InChI is InChI=1S/C16H15ClN2O2/c1-20-15-5-7-18-13(16(15)21-2)10-19-8-6-11-9-12(17)3-4-14(11)19/h3-9H,10H2,1-2H3. The van der Waals surface area contributed by atoms with Crippen molar-refractivity contribution in [2.45, 2.75) is 6.54 Å². The van der Waals surface area contributed by atoms with Crippen LogP contribution < -0.4 is 9.47 Å². The van der Waals surface area contributed by atoms with Gasteiger partial charge in [0.1, 0.15) is 5.69 Å².